The number of likely N-dealkylation sites (tertiary alicyclic amines) is 1. The molecular weight excluding hydrogens is 214 g/mol. The number of carbonyl (C=O) groups is 1. The molecule has 17 heavy (non-hydrogen) atoms. The fourth-order valence-corrected chi connectivity index (χ4v) is 2.32. The summed E-state index contributed by atoms with van der Waals surface area (Å²) in [6, 6.07) is 0. The molecule has 1 heterocycles. The van der Waals surface area contributed by atoms with E-state index in [2.05, 4.69) is 18.7 Å². The minimum Gasteiger partial charge on any atom is -0.369 e. The Balaban J connectivity index is 2.16. The number of carbonyl (C=O) groups excluding carboxylic acids is 1. The van der Waals surface area contributed by atoms with E-state index >= 15 is 0 Å². The highest BCUT2D eigenvalue weighted by Crippen LogP contribution is 2.22. The fourth-order valence-electron chi connectivity index (χ4n) is 2.32. The number of piperidine rings is 1. The van der Waals surface area contributed by atoms with Crippen LogP contribution < -0.4 is 11.5 Å². The Kier molecular flexibility index (Phi) is 5.40. The van der Waals surface area contributed by atoms with Crippen molar-refractivity contribution >= 4 is 5.91 Å². The van der Waals surface area contributed by atoms with Crippen LogP contribution >= 0.6 is 0 Å². The molecule has 0 saturated carbocycles. The monoisotopic (exact) mass is 241 g/mol. The van der Waals surface area contributed by atoms with Crippen LogP contribution in [0.1, 0.15) is 39.5 Å². The first-order chi connectivity index (χ1) is 7.94. The largest absolute Gasteiger partial charge is 0.369 e. The number of nitrogens with zero attached hydrogens (tertiary/aromatic N) is 1. The maximum atomic E-state index is 11.0. The molecule has 0 aromatic heterocycles. The number of amides is 1. The first-order valence-electron chi connectivity index (χ1n) is 6.66. The lowest BCUT2D eigenvalue weighted by Gasteiger charge is -2.31. The summed E-state index contributed by atoms with van der Waals surface area (Å²) in [5.41, 5.74) is 11.3. The van der Waals surface area contributed by atoms with Crippen molar-refractivity contribution in [3.05, 3.63) is 0 Å². The normalized spacial score (nSPS) is 19.5. The van der Waals surface area contributed by atoms with Crippen LogP contribution in [0.15, 0.2) is 0 Å². The molecule has 1 saturated heterocycles. The van der Waals surface area contributed by atoms with E-state index in [0.29, 0.717) is 0 Å². The van der Waals surface area contributed by atoms with Crippen LogP contribution in [-0.2, 0) is 4.79 Å². The Hall–Kier alpha value is -0.610. The van der Waals surface area contributed by atoms with Crippen LogP contribution in [0.2, 0.25) is 0 Å². The van der Waals surface area contributed by atoms with Gasteiger partial charge >= 0.3 is 0 Å². The van der Waals surface area contributed by atoms with Crippen LogP contribution in [0.4, 0.5) is 0 Å². The van der Waals surface area contributed by atoms with Crippen LogP contribution in [0, 0.1) is 11.3 Å². The van der Waals surface area contributed by atoms with Crippen molar-refractivity contribution in [1.82, 2.24) is 4.90 Å². The molecule has 100 valence electrons. The van der Waals surface area contributed by atoms with E-state index in [1.807, 2.05) is 0 Å². The van der Waals surface area contributed by atoms with E-state index < -0.39 is 0 Å². The van der Waals surface area contributed by atoms with Crippen LogP contribution in [0.5, 0.6) is 0 Å². The number of rotatable bonds is 6. The summed E-state index contributed by atoms with van der Waals surface area (Å²) in [7, 11) is 0. The van der Waals surface area contributed by atoms with Gasteiger partial charge in [-0.05, 0) is 57.3 Å². The Morgan fingerprint density at radius 3 is 2.41 bits per heavy atom. The highest BCUT2D eigenvalue weighted by Gasteiger charge is 2.23. The van der Waals surface area contributed by atoms with E-state index in [4.69, 9.17) is 11.5 Å². The standard InChI is InChI=1S/C13H27N3O/c1-13(2,10-14)6-3-7-16-8-4-11(5-9-16)12(15)17/h11H,3-10,14H2,1-2H3,(H2,15,17). The lowest BCUT2D eigenvalue weighted by atomic mass is 9.88. The van der Waals surface area contributed by atoms with Gasteiger partial charge in [0.15, 0.2) is 0 Å². The minimum absolute atomic E-state index is 0.103. The molecule has 1 aliphatic heterocycles. The average Bonchev–Trinajstić information content (AvgIpc) is 2.29. The quantitative estimate of drug-likeness (QED) is 0.727. The van der Waals surface area contributed by atoms with Crippen molar-refractivity contribution in [3.63, 3.8) is 0 Å². The van der Waals surface area contributed by atoms with Crippen molar-refractivity contribution in [3.8, 4) is 0 Å². The molecule has 0 aromatic carbocycles. The van der Waals surface area contributed by atoms with Crippen molar-refractivity contribution in [2.45, 2.75) is 39.5 Å². The van der Waals surface area contributed by atoms with E-state index in [1.165, 1.54) is 12.8 Å². The van der Waals surface area contributed by atoms with Crippen LogP contribution in [0.25, 0.3) is 0 Å². The number of hydrogen-bond acceptors (Lipinski definition) is 3. The molecule has 0 aliphatic carbocycles. The second-order valence-electron chi connectivity index (χ2n) is 5.99. The molecule has 0 bridgehead atoms. The summed E-state index contributed by atoms with van der Waals surface area (Å²) in [4.78, 5) is 13.5. The molecular formula is C13H27N3O. The molecule has 4 heteroatoms. The Morgan fingerprint density at radius 2 is 1.94 bits per heavy atom. The third kappa shape index (κ3) is 5.04. The van der Waals surface area contributed by atoms with Gasteiger partial charge in [0.05, 0.1) is 0 Å². The molecule has 0 atom stereocenters. The molecule has 0 spiro atoms. The Bertz CT molecular complexity index is 245. The number of hydrogen-bond donors (Lipinski definition) is 2. The Labute approximate surface area is 105 Å². The molecule has 0 unspecified atom stereocenters. The third-order valence-corrected chi connectivity index (χ3v) is 3.87. The zero-order chi connectivity index (χ0) is 12.9. The van der Waals surface area contributed by atoms with E-state index in [9.17, 15) is 4.79 Å². The predicted molar refractivity (Wildman–Crippen MR) is 70.4 cm³/mol. The molecule has 1 amide bonds. The smallest absolute Gasteiger partial charge is 0.220 e. The van der Waals surface area contributed by atoms with Gasteiger partial charge in [0.2, 0.25) is 5.91 Å². The van der Waals surface area contributed by atoms with Gasteiger partial charge in [-0.2, -0.15) is 0 Å². The zero-order valence-electron chi connectivity index (χ0n) is 11.2. The van der Waals surface area contributed by atoms with Crippen LogP contribution in [0.3, 0.4) is 0 Å². The van der Waals surface area contributed by atoms with Crippen molar-refractivity contribution in [1.29, 1.82) is 0 Å². The molecule has 1 rings (SSSR count). The van der Waals surface area contributed by atoms with Gasteiger partial charge in [-0.1, -0.05) is 13.8 Å². The zero-order valence-corrected chi connectivity index (χ0v) is 11.2. The van der Waals surface area contributed by atoms with E-state index in [1.54, 1.807) is 0 Å². The summed E-state index contributed by atoms with van der Waals surface area (Å²) < 4.78 is 0. The number of primary amides is 1. The van der Waals surface area contributed by atoms with Gasteiger partial charge in [-0.3, -0.25) is 4.79 Å². The van der Waals surface area contributed by atoms with Gasteiger partial charge in [0.1, 0.15) is 0 Å². The first kappa shape index (κ1) is 14.5. The second-order valence-corrected chi connectivity index (χ2v) is 5.99. The summed E-state index contributed by atoms with van der Waals surface area (Å²) in [5, 5.41) is 0. The molecule has 0 aromatic rings. The maximum Gasteiger partial charge on any atom is 0.220 e. The second kappa shape index (κ2) is 6.36. The van der Waals surface area contributed by atoms with Gasteiger partial charge < -0.3 is 16.4 Å². The van der Waals surface area contributed by atoms with Crippen molar-refractivity contribution < 1.29 is 4.79 Å². The summed E-state index contributed by atoms with van der Waals surface area (Å²) >= 11 is 0. The molecule has 0 radical (unpaired) electrons. The Morgan fingerprint density at radius 1 is 1.35 bits per heavy atom. The summed E-state index contributed by atoms with van der Waals surface area (Å²) in [6.07, 6.45) is 4.20. The van der Waals surface area contributed by atoms with Gasteiger partial charge in [0, 0.05) is 5.92 Å². The summed E-state index contributed by atoms with van der Waals surface area (Å²) in [6.45, 7) is 8.32. The lowest BCUT2D eigenvalue weighted by molar-refractivity contribution is -0.123. The lowest BCUT2D eigenvalue weighted by Crippen LogP contribution is -2.39. The SMILES string of the molecule is CC(C)(CN)CCCN1CCC(C(N)=O)CC1. The molecule has 1 aliphatic rings. The van der Waals surface area contributed by atoms with Gasteiger partial charge in [-0.25, -0.2) is 0 Å². The summed E-state index contributed by atoms with van der Waals surface area (Å²) in [5.74, 6) is -0.0272. The van der Waals surface area contributed by atoms with Gasteiger partial charge in [-0.15, -0.1) is 0 Å². The van der Waals surface area contributed by atoms with Gasteiger partial charge in [0.25, 0.3) is 0 Å². The van der Waals surface area contributed by atoms with E-state index in [0.717, 1.165) is 39.0 Å². The molecule has 4 N–H and O–H groups in total. The van der Waals surface area contributed by atoms with E-state index in [-0.39, 0.29) is 17.2 Å². The van der Waals surface area contributed by atoms with Crippen LogP contribution in [-0.4, -0.2) is 37.0 Å². The maximum absolute atomic E-state index is 11.0. The first-order valence-corrected chi connectivity index (χ1v) is 6.66. The highest BCUT2D eigenvalue weighted by molar-refractivity contribution is 5.76. The molecule has 4 nitrogen and oxygen atoms in total. The highest BCUT2D eigenvalue weighted by atomic mass is 16.1. The fraction of sp³-hybridized carbons (Fsp3) is 0.923. The minimum atomic E-state index is -0.131. The average molecular weight is 241 g/mol. The topological polar surface area (TPSA) is 72.3 Å². The third-order valence-electron chi connectivity index (χ3n) is 3.87. The van der Waals surface area contributed by atoms with Crippen molar-refractivity contribution in [2.24, 2.45) is 22.8 Å². The molecule has 1 fully saturated rings. The predicted octanol–water partition coefficient (Wildman–Crippen LogP) is 0.949. The van der Waals surface area contributed by atoms with Crippen molar-refractivity contribution in [2.75, 3.05) is 26.2 Å². The number of nitrogens with two attached hydrogens (primary N) is 2.